The Morgan fingerprint density at radius 3 is 2.79 bits per heavy atom. The molecule has 1 amide bonds. The lowest BCUT2D eigenvalue weighted by atomic mass is 9.97. The molecule has 1 fully saturated rings. The van der Waals surface area contributed by atoms with Crippen LogP contribution in [0.4, 0.5) is 5.13 Å². The van der Waals surface area contributed by atoms with Gasteiger partial charge in [-0.1, -0.05) is 29.0 Å². The number of thiazole rings is 1. The average molecular weight is 296 g/mol. The van der Waals surface area contributed by atoms with E-state index in [2.05, 4.69) is 9.88 Å². The van der Waals surface area contributed by atoms with Crippen molar-refractivity contribution in [3.63, 3.8) is 0 Å². The average Bonchev–Trinajstić information content (AvgIpc) is 2.84. The summed E-state index contributed by atoms with van der Waals surface area (Å²) in [7, 11) is 0. The van der Waals surface area contributed by atoms with Crippen LogP contribution in [0.25, 0.3) is 10.2 Å². The fraction of sp³-hybridized carbons (Fsp3) is 0.385. The van der Waals surface area contributed by atoms with E-state index in [1.807, 2.05) is 18.2 Å². The van der Waals surface area contributed by atoms with Crippen molar-refractivity contribution in [2.24, 2.45) is 11.7 Å². The van der Waals surface area contributed by atoms with Crippen LogP contribution in [-0.2, 0) is 4.79 Å². The third kappa shape index (κ3) is 2.40. The normalized spacial score (nSPS) is 17.0. The molecule has 0 radical (unpaired) electrons. The number of piperidine rings is 1. The summed E-state index contributed by atoms with van der Waals surface area (Å²) < 4.78 is 1.10. The van der Waals surface area contributed by atoms with E-state index in [0.29, 0.717) is 5.02 Å². The van der Waals surface area contributed by atoms with Gasteiger partial charge in [0.25, 0.3) is 0 Å². The molecule has 1 aromatic carbocycles. The second kappa shape index (κ2) is 4.98. The molecule has 4 nitrogen and oxygen atoms in total. The quantitative estimate of drug-likeness (QED) is 0.926. The van der Waals surface area contributed by atoms with Gasteiger partial charge in [0.15, 0.2) is 5.13 Å². The lowest BCUT2D eigenvalue weighted by Gasteiger charge is -2.30. The molecule has 0 spiro atoms. The van der Waals surface area contributed by atoms with Gasteiger partial charge in [0.2, 0.25) is 5.91 Å². The molecule has 1 aromatic heterocycles. The van der Waals surface area contributed by atoms with Crippen LogP contribution < -0.4 is 10.6 Å². The number of nitrogens with two attached hydrogens (primary N) is 1. The summed E-state index contributed by atoms with van der Waals surface area (Å²) in [6, 6.07) is 5.82. The molecule has 1 aliphatic heterocycles. The van der Waals surface area contributed by atoms with Crippen LogP contribution in [0.2, 0.25) is 5.02 Å². The first kappa shape index (κ1) is 12.7. The van der Waals surface area contributed by atoms with Gasteiger partial charge in [0.1, 0.15) is 5.52 Å². The number of amides is 1. The number of nitrogens with zero attached hydrogens (tertiary/aromatic N) is 2. The smallest absolute Gasteiger partial charge is 0.220 e. The summed E-state index contributed by atoms with van der Waals surface area (Å²) in [5, 5.41) is 1.66. The van der Waals surface area contributed by atoms with Crippen LogP contribution in [0.1, 0.15) is 12.8 Å². The molecule has 0 saturated carbocycles. The number of primary amides is 1. The number of carbonyl (C=O) groups is 1. The molecular formula is C13H14ClN3OS. The van der Waals surface area contributed by atoms with E-state index in [-0.39, 0.29) is 11.8 Å². The predicted molar refractivity (Wildman–Crippen MR) is 78.8 cm³/mol. The fourth-order valence-electron chi connectivity index (χ4n) is 2.39. The summed E-state index contributed by atoms with van der Waals surface area (Å²) >= 11 is 7.78. The Morgan fingerprint density at radius 1 is 1.42 bits per heavy atom. The number of halogens is 1. The van der Waals surface area contributed by atoms with E-state index < -0.39 is 0 Å². The third-order valence-corrected chi connectivity index (χ3v) is 4.91. The molecule has 2 heterocycles. The Kier molecular flexibility index (Phi) is 3.33. The van der Waals surface area contributed by atoms with Crippen molar-refractivity contribution >= 4 is 44.2 Å². The molecule has 2 N–H and O–H groups in total. The molecule has 2 aromatic rings. The number of aromatic nitrogens is 1. The highest BCUT2D eigenvalue weighted by molar-refractivity contribution is 7.22. The molecule has 19 heavy (non-hydrogen) atoms. The van der Waals surface area contributed by atoms with Gasteiger partial charge < -0.3 is 10.6 Å². The molecule has 6 heteroatoms. The van der Waals surface area contributed by atoms with Crippen molar-refractivity contribution in [3.8, 4) is 0 Å². The summed E-state index contributed by atoms with van der Waals surface area (Å²) in [4.78, 5) is 18.0. The van der Waals surface area contributed by atoms with Gasteiger partial charge in [0.05, 0.1) is 9.72 Å². The number of benzene rings is 1. The number of anilines is 1. The Bertz CT molecular complexity index is 619. The Morgan fingerprint density at radius 2 is 2.16 bits per heavy atom. The van der Waals surface area contributed by atoms with Gasteiger partial charge in [-0.3, -0.25) is 4.79 Å². The minimum Gasteiger partial charge on any atom is -0.369 e. The lowest BCUT2D eigenvalue weighted by Crippen LogP contribution is -2.38. The summed E-state index contributed by atoms with van der Waals surface area (Å²) in [5.74, 6) is -0.179. The number of carbonyl (C=O) groups excluding carboxylic acids is 1. The molecule has 0 aliphatic carbocycles. The summed E-state index contributed by atoms with van der Waals surface area (Å²) in [5.41, 5.74) is 6.21. The van der Waals surface area contributed by atoms with Crippen molar-refractivity contribution in [3.05, 3.63) is 23.2 Å². The molecule has 3 rings (SSSR count). The Balaban J connectivity index is 1.82. The zero-order chi connectivity index (χ0) is 13.4. The first-order chi connectivity index (χ1) is 9.15. The summed E-state index contributed by atoms with van der Waals surface area (Å²) in [6.07, 6.45) is 1.61. The van der Waals surface area contributed by atoms with Crippen molar-refractivity contribution in [2.75, 3.05) is 18.0 Å². The number of rotatable bonds is 2. The maximum Gasteiger partial charge on any atom is 0.220 e. The van der Waals surface area contributed by atoms with Gasteiger partial charge in [-0.05, 0) is 25.0 Å². The monoisotopic (exact) mass is 295 g/mol. The van der Waals surface area contributed by atoms with Crippen molar-refractivity contribution < 1.29 is 4.79 Å². The van der Waals surface area contributed by atoms with Crippen LogP contribution in [0.3, 0.4) is 0 Å². The van der Waals surface area contributed by atoms with Crippen LogP contribution >= 0.6 is 22.9 Å². The third-order valence-electron chi connectivity index (χ3n) is 3.53. The van der Waals surface area contributed by atoms with E-state index in [9.17, 15) is 4.79 Å². The molecule has 1 aliphatic rings. The van der Waals surface area contributed by atoms with Crippen LogP contribution in [0, 0.1) is 5.92 Å². The Hall–Kier alpha value is -1.33. The number of para-hydroxylation sites is 1. The van der Waals surface area contributed by atoms with Crippen molar-refractivity contribution in [1.29, 1.82) is 0 Å². The second-order valence-corrected chi connectivity index (χ2v) is 6.16. The molecule has 0 atom stereocenters. The highest BCUT2D eigenvalue weighted by Gasteiger charge is 2.24. The maximum absolute atomic E-state index is 11.2. The molecule has 1 saturated heterocycles. The number of hydrogen-bond donors (Lipinski definition) is 1. The fourth-order valence-corrected chi connectivity index (χ4v) is 3.71. The highest BCUT2D eigenvalue weighted by Crippen LogP contribution is 2.34. The topological polar surface area (TPSA) is 59.2 Å². The Labute approximate surface area is 120 Å². The molecule has 0 unspecified atom stereocenters. The predicted octanol–water partition coefficient (Wildman–Crippen LogP) is 2.65. The minimum atomic E-state index is -0.188. The molecule has 100 valence electrons. The highest BCUT2D eigenvalue weighted by atomic mass is 35.5. The van der Waals surface area contributed by atoms with Gasteiger partial charge in [-0.2, -0.15) is 0 Å². The van der Waals surface area contributed by atoms with Crippen molar-refractivity contribution in [2.45, 2.75) is 12.8 Å². The summed E-state index contributed by atoms with van der Waals surface area (Å²) in [6.45, 7) is 1.65. The van der Waals surface area contributed by atoms with Crippen LogP contribution in [-0.4, -0.2) is 24.0 Å². The maximum atomic E-state index is 11.2. The first-order valence-corrected chi connectivity index (χ1v) is 7.44. The standard InChI is InChI=1S/C13H14ClN3OS/c14-9-2-1-3-10-11(9)16-13(19-10)17-6-4-8(5-7-17)12(15)18/h1-3,8H,4-7H2,(H2,15,18). The molecule has 0 bridgehead atoms. The van der Waals surface area contributed by atoms with E-state index in [1.54, 1.807) is 11.3 Å². The zero-order valence-corrected chi connectivity index (χ0v) is 11.9. The number of hydrogen-bond acceptors (Lipinski definition) is 4. The SMILES string of the molecule is NC(=O)C1CCN(c2nc3c(Cl)cccc3s2)CC1. The van der Waals surface area contributed by atoms with Gasteiger partial charge in [-0.15, -0.1) is 0 Å². The largest absolute Gasteiger partial charge is 0.369 e. The number of fused-ring (bicyclic) bond motifs is 1. The molecular weight excluding hydrogens is 282 g/mol. The van der Waals surface area contributed by atoms with Crippen molar-refractivity contribution in [1.82, 2.24) is 4.98 Å². The van der Waals surface area contributed by atoms with E-state index >= 15 is 0 Å². The lowest BCUT2D eigenvalue weighted by molar-refractivity contribution is -0.122. The second-order valence-electron chi connectivity index (χ2n) is 4.75. The van der Waals surface area contributed by atoms with E-state index in [4.69, 9.17) is 17.3 Å². The first-order valence-electron chi connectivity index (χ1n) is 6.24. The minimum absolute atomic E-state index is 0.00853. The van der Waals surface area contributed by atoms with Gasteiger partial charge >= 0.3 is 0 Å². The van der Waals surface area contributed by atoms with Gasteiger partial charge in [0, 0.05) is 19.0 Å². The van der Waals surface area contributed by atoms with E-state index in [0.717, 1.165) is 41.3 Å². The van der Waals surface area contributed by atoms with Gasteiger partial charge in [-0.25, -0.2) is 4.98 Å². The zero-order valence-electron chi connectivity index (χ0n) is 10.3. The van der Waals surface area contributed by atoms with E-state index in [1.165, 1.54) is 0 Å². The van der Waals surface area contributed by atoms with Crippen LogP contribution in [0.15, 0.2) is 18.2 Å². The van der Waals surface area contributed by atoms with Crippen LogP contribution in [0.5, 0.6) is 0 Å².